The van der Waals surface area contributed by atoms with Gasteiger partial charge in [-0.25, -0.2) is 0 Å². The van der Waals surface area contributed by atoms with E-state index < -0.39 is 0 Å². The van der Waals surface area contributed by atoms with E-state index in [4.69, 9.17) is 10.5 Å². The number of nitrogens with zero attached hydrogens (tertiary/aromatic N) is 1. The van der Waals surface area contributed by atoms with Crippen molar-refractivity contribution in [3.05, 3.63) is 0 Å². The first-order valence-electron chi connectivity index (χ1n) is 8.05. The summed E-state index contributed by atoms with van der Waals surface area (Å²) < 4.78 is 5.88. The van der Waals surface area contributed by atoms with E-state index in [1.807, 2.05) is 25.8 Å². The van der Waals surface area contributed by atoms with Crippen LogP contribution in [0.2, 0.25) is 0 Å². The average molecular weight is 321 g/mol. The molecule has 3 unspecified atom stereocenters. The molecule has 4 nitrogen and oxygen atoms in total. The van der Waals surface area contributed by atoms with Crippen LogP contribution < -0.4 is 5.73 Å². The first-order chi connectivity index (χ1) is 9.42. The van der Waals surface area contributed by atoms with Crippen LogP contribution >= 0.6 is 12.4 Å². The standard InChI is InChI=1S/C16H32N2O2.ClH/c1-6-16(7-2)13(11-14(16)20-8-3)18(5)15(19)10-9-12(4)17;/h12-14H,6-11,17H2,1-5H3;1H. The maximum absolute atomic E-state index is 12.3. The number of hydrogen-bond acceptors (Lipinski definition) is 3. The maximum Gasteiger partial charge on any atom is 0.222 e. The molecule has 0 heterocycles. The molecular formula is C16H33ClN2O2. The summed E-state index contributed by atoms with van der Waals surface area (Å²) in [6.07, 6.45) is 4.70. The second kappa shape index (κ2) is 8.96. The zero-order chi connectivity index (χ0) is 15.3. The summed E-state index contributed by atoms with van der Waals surface area (Å²) in [5.41, 5.74) is 5.87. The number of rotatable bonds is 8. The molecule has 1 rings (SSSR count). The first kappa shape index (κ1) is 20.7. The van der Waals surface area contributed by atoms with Crippen molar-refractivity contribution in [2.24, 2.45) is 11.1 Å². The lowest BCUT2D eigenvalue weighted by molar-refractivity contribution is -0.177. The van der Waals surface area contributed by atoms with Gasteiger partial charge in [0.2, 0.25) is 5.91 Å². The molecule has 0 radical (unpaired) electrons. The smallest absolute Gasteiger partial charge is 0.222 e. The van der Waals surface area contributed by atoms with Crippen molar-refractivity contribution in [1.29, 1.82) is 0 Å². The van der Waals surface area contributed by atoms with Gasteiger partial charge in [-0.15, -0.1) is 12.4 Å². The number of amides is 1. The van der Waals surface area contributed by atoms with E-state index in [1.54, 1.807) is 0 Å². The summed E-state index contributed by atoms with van der Waals surface area (Å²) in [6, 6.07) is 0.404. The van der Waals surface area contributed by atoms with Crippen LogP contribution in [0.1, 0.15) is 59.8 Å². The summed E-state index contributed by atoms with van der Waals surface area (Å²) in [5, 5.41) is 0. The van der Waals surface area contributed by atoms with Crippen molar-refractivity contribution < 1.29 is 9.53 Å². The summed E-state index contributed by atoms with van der Waals surface area (Å²) in [7, 11) is 1.94. The Morgan fingerprint density at radius 1 is 1.38 bits per heavy atom. The summed E-state index contributed by atoms with van der Waals surface area (Å²) in [5.74, 6) is 0.216. The quantitative estimate of drug-likeness (QED) is 0.748. The molecule has 1 aliphatic carbocycles. The highest BCUT2D eigenvalue weighted by molar-refractivity contribution is 5.85. The van der Waals surface area contributed by atoms with Gasteiger partial charge in [0, 0.05) is 37.6 Å². The second-order valence-corrected chi connectivity index (χ2v) is 6.16. The summed E-state index contributed by atoms with van der Waals surface area (Å²) in [6.45, 7) is 9.16. The SMILES string of the molecule is CCOC1CC(N(C)C(=O)CCC(C)N)C1(CC)CC.Cl. The third-order valence-corrected chi connectivity index (χ3v) is 5.10. The van der Waals surface area contributed by atoms with Crippen molar-refractivity contribution in [2.75, 3.05) is 13.7 Å². The fourth-order valence-corrected chi connectivity index (χ4v) is 3.58. The molecule has 0 aromatic rings. The lowest BCUT2D eigenvalue weighted by atomic mass is 9.58. The monoisotopic (exact) mass is 320 g/mol. The van der Waals surface area contributed by atoms with Gasteiger partial charge in [-0.05, 0) is 39.5 Å². The van der Waals surface area contributed by atoms with Gasteiger partial charge in [0.1, 0.15) is 0 Å². The number of halogens is 1. The Morgan fingerprint density at radius 3 is 2.38 bits per heavy atom. The van der Waals surface area contributed by atoms with E-state index in [2.05, 4.69) is 13.8 Å². The van der Waals surface area contributed by atoms with Crippen molar-refractivity contribution in [3.63, 3.8) is 0 Å². The zero-order valence-electron chi connectivity index (χ0n) is 14.2. The molecule has 3 atom stereocenters. The van der Waals surface area contributed by atoms with Gasteiger partial charge in [-0.2, -0.15) is 0 Å². The highest BCUT2D eigenvalue weighted by Crippen LogP contribution is 2.51. The summed E-state index contributed by atoms with van der Waals surface area (Å²) in [4.78, 5) is 14.2. The van der Waals surface area contributed by atoms with E-state index in [9.17, 15) is 4.79 Å². The maximum atomic E-state index is 12.3. The Balaban J connectivity index is 0.00000400. The fourth-order valence-electron chi connectivity index (χ4n) is 3.58. The lowest BCUT2D eigenvalue weighted by Crippen LogP contribution is -2.64. The van der Waals surface area contributed by atoms with Crippen molar-refractivity contribution in [3.8, 4) is 0 Å². The zero-order valence-corrected chi connectivity index (χ0v) is 15.0. The van der Waals surface area contributed by atoms with Crippen molar-refractivity contribution in [2.45, 2.75) is 78.0 Å². The van der Waals surface area contributed by atoms with Gasteiger partial charge >= 0.3 is 0 Å². The molecule has 0 saturated heterocycles. The van der Waals surface area contributed by atoms with Crippen LogP contribution in [0.5, 0.6) is 0 Å². The Morgan fingerprint density at radius 2 is 1.95 bits per heavy atom. The van der Waals surface area contributed by atoms with Crippen LogP contribution in [-0.4, -0.2) is 42.6 Å². The molecule has 1 aliphatic rings. The predicted octanol–water partition coefficient (Wildman–Crippen LogP) is 2.98. The van der Waals surface area contributed by atoms with Gasteiger partial charge < -0.3 is 15.4 Å². The fraction of sp³-hybridized carbons (Fsp3) is 0.938. The molecular weight excluding hydrogens is 288 g/mol. The molecule has 1 fully saturated rings. The van der Waals surface area contributed by atoms with Crippen LogP contribution in [0.25, 0.3) is 0 Å². The number of carbonyl (C=O) groups is 1. The topological polar surface area (TPSA) is 55.6 Å². The van der Waals surface area contributed by atoms with E-state index in [-0.39, 0.29) is 29.8 Å². The van der Waals surface area contributed by atoms with Crippen LogP contribution in [-0.2, 0) is 9.53 Å². The minimum atomic E-state index is 0. The van der Waals surface area contributed by atoms with Crippen molar-refractivity contribution in [1.82, 2.24) is 4.90 Å². The third-order valence-electron chi connectivity index (χ3n) is 5.10. The normalized spacial score (nSPS) is 24.7. The van der Waals surface area contributed by atoms with Gasteiger partial charge in [-0.3, -0.25) is 4.79 Å². The molecule has 0 aromatic heterocycles. The first-order valence-corrected chi connectivity index (χ1v) is 8.05. The number of carbonyl (C=O) groups excluding carboxylic acids is 1. The van der Waals surface area contributed by atoms with E-state index >= 15 is 0 Å². The minimum Gasteiger partial charge on any atom is -0.378 e. The molecule has 1 amide bonds. The molecule has 0 aromatic carbocycles. The van der Waals surface area contributed by atoms with Gasteiger partial charge in [0.05, 0.1) is 6.10 Å². The molecule has 1 saturated carbocycles. The Labute approximate surface area is 136 Å². The molecule has 21 heavy (non-hydrogen) atoms. The molecule has 126 valence electrons. The van der Waals surface area contributed by atoms with E-state index in [1.165, 1.54) is 0 Å². The molecule has 0 bridgehead atoms. The molecule has 0 aliphatic heterocycles. The minimum absolute atomic E-state index is 0. The lowest BCUT2D eigenvalue weighted by Gasteiger charge is -2.58. The Hall–Kier alpha value is -0.320. The number of ether oxygens (including phenoxy) is 1. The molecule has 0 spiro atoms. The van der Waals surface area contributed by atoms with Gasteiger partial charge in [0.15, 0.2) is 0 Å². The van der Waals surface area contributed by atoms with E-state index in [0.29, 0.717) is 18.6 Å². The van der Waals surface area contributed by atoms with Crippen LogP contribution in [0, 0.1) is 5.41 Å². The molecule has 5 heteroatoms. The highest BCUT2D eigenvalue weighted by Gasteiger charge is 2.55. The van der Waals surface area contributed by atoms with Gasteiger partial charge in [-0.1, -0.05) is 13.8 Å². The largest absolute Gasteiger partial charge is 0.378 e. The van der Waals surface area contributed by atoms with Gasteiger partial charge in [0.25, 0.3) is 0 Å². The Kier molecular flexibility index (Phi) is 8.83. The Bertz CT molecular complexity index is 319. The number of nitrogens with two attached hydrogens (primary N) is 1. The predicted molar refractivity (Wildman–Crippen MR) is 89.7 cm³/mol. The van der Waals surface area contributed by atoms with Crippen molar-refractivity contribution >= 4 is 18.3 Å². The average Bonchev–Trinajstić information content (AvgIpc) is 2.41. The van der Waals surface area contributed by atoms with Crippen LogP contribution in [0.3, 0.4) is 0 Å². The summed E-state index contributed by atoms with van der Waals surface area (Å²) >= 11 is 0. The van der Waals surface area contributed by atoms with Crippen LogP contribution in [0.4, 0.5) is 0 Å². The van der Waals surface area contributed by atoms with Crippen LogP contribution in [0.15, 0.2) is 0 Å². The second-order valence-electron chi connectivity index (χ2n) is 6.16. The molecule has 2 N–H and O–H groups in total. The highest BCUT2D eigenvalue weighted by atomic mass is 35.5. The number of hydrogen-bond donors (Lipinski definition) is 1. The third kappa shape index (κ3) is 4.33. The van der Waals surface area contributed by atoms with E-state index in [0.717, 1.165) is 32.3 Å².